The molecule has 3 rings (SSSR count). The number of aliphatic carboxylic acids is 1. The van der Waals surface area contributed by atoms with Gasteiger partial charge in [-0.3, -0.25) is 9.69 Å². The Bertz CT molecular complexity index is 1510. The lowest BCUT2D eigenvalue weighted by Gasteiger charge is -2.27. The normalized spacial score (nSPS) is 12.9. The third-order valence-corrected chi connectivity index (χ3v) is 7.66. The topological polar surface area (TPSA) is 83.9 Å². The Kier molecular flexibility index (Phi) is 10.7. The van der Waals surface area contributed by atoms with Gasteiger partial charge in [0.25, 0.3) is 0 Å². The lowest BCUT2D eigenvalue weighted by molar-refractivity contribution is -0.140. The molecule has 1 atom stereocenters. The van der Waals surface area contributed by atoms with Crippen LogP contribution in [0.3, 0.4) is 0 Å². The number of halogens is 6. The molecule has 0 saturated carbocycles. The van der Waals surface area contributed by atoms with Gasteiger partial charge in [-0.15, -0.1) is 0 Å². The minimum atomic E-state index is -4.87. The van der Waals surface area contributed by atoms with Crippen LogP contribution in [0, 0.1) is 17.5 Å². The van der Waals surface area contributed by atoms with E-state index in [-0.39, 0.29) is 49.9 Å². The number of carboxylic acid groups (broad SMARTS) is 1. The fourth-order valence-electron chi connectivity index (χ4n) is 4.48. The second-order valence-electron chi connectivity index (χ2n) is 9.89. The quantitative estimate of drug-likeness (QED) is 0.181. The third kappa shape index (κ3) is 8.96. The first kappa shape index (κ1) is 32.9. The Hall–Kier alpha value is -3.58. The van der Waals surface area contributed by atoms with Crippen molar-refractivity contribution in [2.24, 2.45) is 0 Å². The average Bonchev–Trinajstić information content (AvgIpc) is 2.87. The zero-order chi connectivity index (χ0) is 31.2. The van der Waals surface area contributed by atoms with E-state index in [9.17, 15) is 39.6 Å². The van der Waals surface area contributed by atoms with E-state index in [1.165, 1.54) is 18.2 Å². The van der Waals surface area contributed by atoms with Crippen molar-refractivity contribution in [3.8, 4) is 5.75 Å². The monoisotopic (exact) mass is 617 g/mol. The Morgan fingerprint density at radius 3 is 2.31 bits per heavy atom. The lowest BCUT2D eigenvalue weighted by atomic mass is 10.00. The van der Waals surface area contributed by atoms with Crippen LogP contribution >= 0.6 is 0 Å². The van der Waals surface area contributed by atoms with E-state index < -0.39 is 61.9 Å². The number of nitrogens with zero attached hydrogens (tertiary/aromatic N) is 1. The van der Waals surface area contributed by atoms with Gasteiger partial charge in [0.2, 0.25) is 0 Å². The molecule has 228 valence electrons. The third-order valence-electron chi connectivity index (χ3n) is 6.49. The molecule has 0 aliphatic heterocycles. The Morgan fingerprint density at radius 2 is 1.71 bits per heavy atom. The number of carbonyl (C=O) groups is 1. The van der Waals surface area contributed by atoms with Gasteiger partial charge in [-0.25, -0.2) is 21.6 Å². The number of hydrogen-bond acceptors (Lipinski definition) is 5. The number of alkyl halides is 3. The Labute approximate surface area is 239 Å². The van der Waals surface area contributed by atoms with Crippen LogP contribution in [0.2, 0.25) is 0 Å². The molecule has 0 saturated heterocycles. The molecule has 0 bridgehead atoms. The van der Waals surface area contributed by atoms with E-state index in [4.69, 9.17) is 9.84 Å². The van der Waals surface area contributed by atoms with Crippen LogP contribution in [0.5, 0.6) is 5.75 Å². The molecule has 0 aromatic heterocycles. The molecule has 6 nitrogen and oxygen atoms in total. The van der Waals surface area contributed by atoms with Gasteiger partial charge < -0.3 is 9.84 Å². The molecule has 3 aromatic rings. The van der Waals surface area contributed by atoms with Crippen LogP contribution in [0.25, 0.3) is 0 Å². The zero-order valence-electron chi connectivity index (χ0n) is 22.7. The fourth-order valence-corrected chi connectivity index (χ4v) is 5.43. The van der Waals surface area contributed by atoms with Crippen molar-refractivity contribution >= 4 is 15.8 Å². The predicted molar refractivity (Wildman–Crippen MR) is 142 cm³/mol. The summed E-state index contributed by atoms with van der Waals surface area (Å²) in [5.74, 6) is -4.67. The first-order chi connectivity index (χ1) is 19.6. The van der Waals surface area contributed by atoms with E-state index in [1.54, 1.807) is 17.0 Å². The summed E-state index contributed by atoms with van der Waals surface area (Å²) in [6.07, 6.45) is -4.69. The number of sulfone groups is 1. The van der Waals surface area contributed by atoms with Gasteiger partial charge in [0.05, 0.1) is 23.5 Å². The summed E-state index contributed by atoms with van der Waals surface area (Å²) >= 11 is 0. The highest BCUT2D eigenvalue weighted by Gasteiger charge is 2.35. The molecule has 1 unspecified atom stereocenters. The molecule has 3 aromatic carbocycles. The van der Waals surface area contributed by atoms with Gasteiger partial charge in [-0.05, 0) is 42.2 Å². The molecular formula is C29H29F6NO5S. The fraction of sp³-hybridized carbons (Fsp3) is 0.345. The van der Waals surface area contributed by atoms with Crippen LogP contribution in [0.15, 0.2) is 59.5 Å². The summed E-state index contributed by atoms with van der Waals surface area (Å²) < 4.78 is 112. The first-order valence-corrected chi connectivity index (χ1v) is 14.6. The first-order valence-electron chi connectivity index (χ1n) is 12.8. The van der Waals surface area contributed by atoms with Crippen LogP contribution in [-0.4, -0.2) is 50.3 Å². The second kappa shape index (κ2) is 13.6. The number of benzene rings is 3. The van der Waals surface area contributed by atoms with Crippen LogP contribution in [0.4, 0.5) is 26.3 Å². The van der Waals surface area contributed by atoms with Gasteiger partial charge >= 0.3 is 12.1 Å². The standard InChI is InChI=1S/C29H29F6NO5S/c1-18(19-7-9-21(30)10-8-19)16-36(17-20-5-3-6-24(28(20)32)29(33,34)35)11-4-12-41-22-13-25(31)23(15-27(37)38)26(14-22)42(2,39)40/h3,5-10,13-14,18H,4,11-12,15-17H2,1-2H3,(H,37,38). The molecule has 13 heteroatoms. The van der Waals surface area contributed by atoms with Crippen molar-refractivity contribution in [1.82, 2.24) is 4.90 Å². The average molecular weight is 618 g/mol. The number of rotatable bonds is 13. The predicted octanol–water partition coefficient (Wildman–Crippen LogP) is 6.23. The van der Waals surface area contributed by atoms with E-state index in [0.717, 1.165) is 30.0 Å². The summed E-state index contributed by atoms with van der Waals surface area (Å²) in [5, 5.41) is 9.01. The molecular weight excluding hydrogens is 588 g/mol. The SMILES string of the molecule is CC(CN(CCCOc1cc(F)c(CC(=O)O)c(S(C)(=O)=O)c1)Cc1cccc(C(F)(F)F)c1F)c1ccc(F)cc1. The molecule has 0 aliphatic carbocycles. The van der Waals surface area contributed by atoms with Gasteiger partial charge in [0, 0.05) is 43.1 Å². The molecule has 42 heavy (non-hydrogen) atoms. The molecule has 0 fully saturated rings. The number of ether oxygens (including phenoxy) is 1. The van der Waals surface area contributed by atoms with Crippen molar-refractivity contribution in [1.29, 1.82) is 0 Å². The van der Waals surface area contributed by atoms with Crippen molar-refractivity contribution in [2.45, 2.75) is 43.3 Å². The highest BCUT2D eigenvalue weighted by molar-refractivity contribution is 7.90. The van der Waals surface area contributed by atoms with Crippen molar-refractivity contribution in [3.63, 3.8) is 0 Å². The summed E-state index contributed by atoms with van der Waals surface area (Å²) in [7, 11) is -3.99. The second-order valence-corrected chi connectivity index (χ2v) is 11.9. The molecule has 0 radical (unpaired) electrons. The van der Waals surface area contributed by atoms with Gasteiger partial charge in [-0.1, -0.05) is 31.2 Å². The van der Waals surface area contributed by atoms with Gasteiger partial charge in [0.15, 0.2) is 9.84 Å². The zero-order valence-corrected chi connectivity index (χ0v) is 23.5. The van der Waals surface area contributed by atoms with Crippen molar-refractivity contribution < 1.29 is 49.4 Å². The van der Waals surface area contributed by atoms with E-state index in [0.29, 0.717) is 6.07 Å². The van der Waals surface area contributed by atoms with E-state index in [2.05, 4.69) is 0 Å². The summed E-state index contributed by atoms with van der Waals surface area (Å²) in [6, 6.07) is 10.7. The summed E-state index contributed by atoms with van der Waals surface area (Å²) in [4.78, 5) is 12.3. The maximum absolute atomic E-state index is 14.8. The van der Waals surface area contributed by atoms with E-state index in [1.807, 2.05) is 6.92 Å². The highest BCUT2D eigenvalue weighted by Crippen LogP contribution is 2.33. The van der Waals surface area contributed by atoms with Crippen molar-refractivity contribution in [2.75, 3.05) is 26.0 Å². The summed E-state index contributed by atoms with van der Waals surface area (Å²) in [6.45, 7) is 2.02. The van der Waals surface area contributed by atoms with Crippen molar-refractivity contribution in [3.05, 3.63) is 94.3 Å². The minimum Gasteiger partial charge on any atom is -0.493 e. The molecule has 0 spiro atoms. The lowest BCUT2D eigenvalue weighted by Crippen LogP contribution is -2.30. The number of carboxylic acids is 1. The Morgan fingerprint density at radius 1 is 1.05 bits per heavy atom. The van der Waals surface area contributed by atoms with Gasteiger partial charge in [-0.2, -0.15) is 13.2 Å². The molecule has 0 aliphatic rings. The maximum Gasteiger partial charge on any atom is 0.419 e. The minimum absolute atomic E-state index is 0.0760. The van der Waals surface area contributed by atoms with Gasteiger partial charge in [0.1, 0.15) is 23.2 Å². The molecule has 1 N–H and O–H groups in total. The molecule has 0 heterocycles. The maximum atomic E-state index is 14.8. The molecule has 0 amide bonds. The smallest absolute Gasteiger partial charge is 0.419 e. The van der Waals surface area contributed by atoms with E-state index >= 15 is 0 Å². The summed E-state index contributed by atoms with van der Waals surface area (Å²) in [5.41, 5.74) is -1.30. The van der Waals surface area contributed by atoms with Crippen LogP contribution in [-0.2, 0) is 33.8 Å². The van der Waals surface area contributed by atoms with Crippen LogP contribution < -0.4 is 4.74 Å². The Balaban J connectivity index is 1.78. The highest BCUT2D eigenvalue weighted by atomic mass is 32.2. The largest absolute Gasteiger partial charge is 0.493 e. The van der Waals surface area contributed by atoms with Crippen LogP contribution in [0.1, 0.15) is 41.5 Å². The number of hydrogen-bond donors (Lipinski definition) is 1.